The monoisotopic (exact) mass is 434 g/mol. The zero-order valence-corrected chi connectivity index (χ0v) is 21.7. The Balaban J connectivity index is 1.61. The average Bonchev–Trinajstić information content (AvgIpc) is 2.81. The van der Waals surface area contributed by atoms with Crippen LogP contribution in [0.3, 0.4) is 0 Å². The van der Waals surface area contributed by atoms with E-state index >= 15 is 0 Å². The van der Waals surface area contributed by atoms with E-state index in [4.69, 9.17) is 8.85 Å². The third-order valence-corrected chi connectivity index (χ3v) is 8.26. The van der Waals surface area contributed by atoms with Crippen LogP contribution in [0.4, 0.5) is 0 Å². The van der Waals surface area contributed by atoms with E-state index in [0.717, 1.165) is 37.2 Å². The van der Waals surface area contributed by atoms with Crippen molar-refractivity contribution in [3.8, 4) is 11.5 Å². The Labute approximate surface area is 186 Å². The first kappa shape index (κ1) is 22.4. The van der Waals surface area contributed by atoms with E-state index in [1.807, 2.05) is 0 Å². The van der Waals surface area contributed by atoms with Gasteiger partial charge in [0.05, 0.1) is 0 Å². The summed E-state index contributed by atoms with van der Waals surface area (Å²) in [6.45, 7) is 8.84. The van der Waals surface area contributed by atoms with E-state index in [9.17, 15) is 0 Å². The Morgan fingerprint density at radius 1 is 0.533 bits per heavy atom. The van der Waals surface area contributed by atoms with E-state index in [-0.39, 0.29) is 0 Å². The van der Waals surface area contributed by atoms with Crippen molar-refractivity contribution in [1.29, 1.82) is 0 Å². The van der Waals surface area contributed by atoms with Crippen LogP contribution in [0.5, 0.6) is 11.5 Å². The van der Waals surface area contributed by atoms with Gasteiger partial charge in [-0.15, -0.1) is 0 Å². The summed E-state index contributed by atoms with van der Waals surface area (Å²) < 4.78 is 12.6. The summed E-state index contributed by atoms with van der Waals surface area (Å²) in [6.07, 6.45) is 4.16. The second-order valence-corrected chi connectivity index (χ2v) is 10.4. The van der Waals surface area contributed by atoms with Gasteiger partial charge in [-0.05, 0) is 70.4 Å². The van der Waals surface area contributed by atoms with E-state index in [1.165, 1.54) is 32.6 Å². The van der Waals surface area contributed by atoms with Crippen molar-refractivity contribution < 1.29 is 8.85 Å². The van der Waals surface area contributed by atoms with Gasteiger partial charge < -0.3 is 8.85 Å². The maximum Gasteiger partial charge on any atom is 0.251 e. The molecule has 0 heterocycles. The van der Waals surface area contributed by atoms with Crippen LogP contribution in [0.25, 0.3) is 0 Å². The van der Waals surface area contributed by atoms with Crippen molar-refractivity contribution in [2.24, 2.45) is 0 Å². The normalized spacial score (nSPS) is 11.6. The molecule has 3 aromatic carbocycles. The van der Waals surface area contributed by atoms with Gasteiger partial charge in [-0.3, -0.25) is 0 Å². The molecule has 0 spiro atoms. The van der Waals surface area contributed by atoms with Gasteiger partial charge in [-0.25, -0.2) is 0 Å². The Morgan fingerprint density at radius 3 is 1.27 bits per heavy atom. The molecule has 2 nitrogen and oxygen atoms in total. The molecule has 0 bridgehead atoms. The molecule has 0 amide bonds. The minimum Gasteiger partial charge on any atom is -0.545 e. The Hall–Kier alpha value is -2.31. The average molecular weight is 435 g/mol. The quantitative estimate of drug-likeness (QED) is 0.455. The smallest absolute Gasteiger partial charge is 0.251 e. The summed E-state index contributed by atoms with van der Waals surface area (Å²) in [5, 5.41) is 2.66. The van der Waals surface area contributed by atoms with Crippen molar-refractivity contribution in [3.63, 3.8) is 0 Å². The summed E-state index contributed by atoms with van der Waals surface area (Å²) >= 11 is 0. The van der Waals surface area contributed by atoms with Crippen molar-refractivity contribution in [2.45, 2.75) is 53.4 Å². The lowest BCUT2D eigenvalue weighted by Gasteiger charge is -2.15. The molecule has 0 aliphatic rings. The standard InChI is InChI=1S/C26H34O2Si2/c1-5-19-11-9-13-25(23(19)7-3)27-29-21-15-17-22(18-16-21)30-28-26-14-10-12-20(6-2)24(26)8-4/h9-18H,5-8,29-30H2,1-4H3. The molecule has 0 radical (unpaired) electrons. The molecular formula is C26H34O2Si2. The second kappa shape index (κ2) is 11.2. The fourth-order valence-corrected chi connectivity index (χ4v) is 6.05. The summed E-state index contributed by atoms with van der Waals surface area (Å²) in [7, 11) is -1.58. The molecule has 30 heavy (non-hydrogen) atoms. The van der Waals surface area contributed by atoms with Crippen molar-refractivity contribution >= 4 is 29.9 Å². The fourth-order valence-electron chi connectivity index (χ4n) is 4.01. The molecule has 0 fully saturated rings. The van der Waals surface area contributed by atoms with Gasteiger partial charge in [0.1, 0.15) is 11.5 Å². The first-order chi connectivity index (χ1) is 14.7. The highest BCUT2D eigenvalue weighted by Crippen LogP contribution is 2.24. The van der Waals surface area contributed by atoms with E-state index in [1.54, 1.807) is 0 Å². The number of aryl methyl sites for hydroxylation is 2. The van der Waals surface area contributed by atoms with Gasteiger partial charge in [-0.2, -0.15) is 0 Å². The van der Waals surface area contributed by atoms with Crippen molar-refractivity contribution in [1.82, 2.24) is 0 Å². The predicted octanol–water partition coefficient (Wildman–Crippen LogP) is 3.51. The van der Waals surface area contributed by atoms with Crippen LogP contribution in [-0.2, 0) is 25.7 Å². The maximum absolute atomic E-state index is 6.30. The third-order valence-electron chi connectivity index (χ3n) is 5.74. The number of hydrogen-bond donors (Lipinski definition) is 0. The minimum atomic E-state index is -0.789. The van der Waals surface area contributed by atoms with Crippen LogP contribution in [-0.4, -0.2) is 19.5 Å². The molecule has 3 rings (SSSR count). The predicted molar refractivity (Wildman–Crippen MR) is 134 cm³/mol. The second-order valence-electron chi connectivity index (χ2n) is 7.60. The maximum atomic E-state index is 6.30. The number of rotatable bonds is 10. The fraction of sp³-hybridized carbons (Fsp3) is 0.308. The van der Waals surface area contributed by atoms with Crippen molar-refractivity contribution in [3.05, 3.63) is 82.9 Å². The molecule has 0 aromatic heterocycles. The van der Waals surface area contributed by atoms with Crippen molar-refractivity contribution in [2.75, 3.05) is 0 Å². The summed E-state index contributed by atoms with van der Waals surface area (Å²) in [6, 6.07) is 21.8. The highest BCUT2D eigenvalue weighted by molar-refractivity contribution is 6.50. The van der Waals surface area contributed by atoms with Crippen LogP contribution in [0, 0.1) is 0 Å². The van der Waals surface area contributed by atoms with Crippen LogP contribution in [0.2, 0.25) is 0 Å². The zero-order valence-electron chi connectivity index (χ0n) is 18.8. The van der Waals surface area contributed by atoms with E-state index in [2.05, 4.69) is 88.4 Å². The molecule has 4 heteroatoms. The number of benzene rings is 3. The Morgan fingerprint density at radius 2 is 0.933 bits per heavy atom. The SMILES string of the molecule is CCc1cccc(O[SiH2]c2ccc([SiH2]Oc3cccc(CC)c3CC)cc2)c1CC. The van der Waals surface area contributed by atoms with Crippen LogP contribution in [0.1, 0.15) is 49.9 Å². The summed E-state index contributed by atoms with van der Waals surface area (Å²) in [5.74, 6) is 2.15. The van der Waals surface area contributed by atoms with E-state index < -0.39 is 19.5 Å². The molecule has 0 saturated carbocycles. The van der Waals surface area contributed by atoms with Crippen LogP contribution >= 0.6 is 0 Å². The first-order valence-corrected chi connectivity index (χ1v) is 13.8. The molecule has 0 saturated heterocycles. The highest BCUT2D eigenvalue weighted by atomic mass is 28.2. The molecule has 0 aliphatic heterocycles. The number of hydrogen-bond acceptors (Lipinski definition) is 2. The zero-order chi connectivity index (χ0) is 21.3. The molecule has 0 N–H and O–H groups in total. The topological polar surface area (TPSA) is 18.5 Å². The Kier molecular flexibility index (Phi) is 8.34. The lowest BCUT2D eigenvalue weighted by molar-refractivity contribution is 0.592. The largest absolute Gasteiger partial charge is 0.545 e. The lowest BCUT2D eigenvalue weighted by Crippen LogP contribution is -2.26. The molecule has 0 unspecified atom stereocenters. The molecule has 3 aromatic rings. The third kappa shape index (κ3) is 5.43. The first-order valence-electron chi connectivity index (χ1n) is 11.2. The Bertz CT molecular complexity index is 873. The lowest BCUT2D eigenvalue weighted by atomic mass is 10.0. The molecule has 158 valence electrons. The van der Waals surface area contributed by atoms with Crippen LogP contribution < -0.4 is 19.2 Å². The van der Waals surface area contributed by atoms with Gasteiger partial charge in [0.25, 0.3) is 19.5 Å². The van der Waals surface area contributed by atoms with Gasteiger partial charge in [0, 0.05) is 0 Å². The summed E-state index contributed by atoms with van der Waals surface area (Å²) in [4.78, 5) is 0. The van der Waals surface area contributed by atoms with E-state index in [0.29, 0.717) is 0 Å². The molecular weight excluding hydrogens is 400 g/mol. The van der Waals surface area contributed by atoms with Gasteiger partial charge >= 0.3 is 0 Å². The minimum absolute atomic E-state index is 0.789. The van der Waals surface area contributed by atoms with Gasteiger partial charge in [-0.1, -0.05) is 76.2 Å². The van der Waals surface area contributed by atoms with Crippen LogP contribution in [0.15, 0.2) is 60.7 Å². The highest BCUT2D eigenvalue weighted by Gasteiger charge is 2.09. The van der Waals surface area contributed by atoms with Gasteiger partial charge in [0.2, 0.25) is 0 Å². The van der Waals surface area contributed by atoms with Gasteiger partial charge in [0.15, 0.2) is 0 Å². The summed E-state index contributed by atoms with van der Waals surface area (Å²) in [5.41, 5.74) is 5.54. The molecule has 0 atom stereocenters. The molecule has 0 aliphatic carbocycles.